The topological polar surface area (TPSA) is 28.7 Å². The molecular formula is C13H12N2S. The Bertz CT molecular complexity index is 413. The highest BCUT2D eigenvalue weighted by Crippen LogP contribution is 2.21. The summed E-state index contributed by atoms with van der Waals surface area (Å²) in [5.41, 5.74) is 1.20. The van der Waals surface area contributed by atoms with Crippen molar-refractivity contribution in [3.8, 4) is 10.6 Å². The molecule has 3 aromatic rings. The third-order valence-corrected chi connectivity index (χ3v) is 2.85. The fourth-order valence-electron chi connectivity index (χ4n) is 1.23. The van der Waals surface area contributed by atoms with Gasteiger partial charge in [0, 0.05) is 18.6 Å². The minimum absolute atomic E-state index is 1.20. The number of pyridine rings is 1. The molecule has 16 heavy (non-hydrogen) atoms. The van der Waals surface area contributed by atoms with Crippen LogP contribution in [0.3, 0.4) is 0 Å². The maximum atomic E-state index is 3.78. The van der Waals surface area contributed by atoms with E-state index in [4.69, 9.17) is 0 Å². The molecule has 0 aliphatic heterocycles. The Morgan fingerprint density at radius 2 is 1.81 bits per heavy atom. The molecule has 3 heterocycles. The van der Waals surface area contributed by atoms with Crippen LogP contribution in [0.1, 0.15) is 0 Å². The summed E-state index contributed by atoms with van der Waals surface area (Å²) in [5, 5.41) is 2.08. The molecule has 0 spiro atoms. The van der Waals surface area contributed by atoms with Gasteiger partial charge < -0.3 is 4.98 Å². The van der Waals surface area contributed by atoms with Crippen molar-refractivity contribution in [1.29, 1.82) is 0 Å². The largest absolute Gasteiger partial charge is 0.361 e. The predicted molar refractivity (Wildman–Crippen MR) is 68.3 cm³/mol. The minimum Gasteiger partial charge on any atom is -0.361 e. The average molecular weight is 228 g/mol. The van der Waals surface area contributed by atoms with E-state index in [1.807, 2.05) is 30.5 Å². The molecule has 0 fully saturated rings. The van der Waals surface area contributed by atoms with E-state index in [9.17, 15) is 0 Å². The van der Waals surface area contributed by atoms with Gasteiger partial charge in [0.05, 0.1) is 10.6 Å². The van der Waals surface area contributed by atoms with Crippen LogP contribution in [0.2, 0.25) is 0 Å². The van der Waals surface area contributed by atoms with Crippen molar-refractivity contribution in [3.05, 3.63) is 66.4 Å². The standard InChI is InChI=1S/C8H7NS.C5H5N/c1-3-7(9-5-1)8-4-2-6-10-8;1-2-4-6-5-3-1/h1-6,9H;1-5H. The van der Waals surface area contributed by atoms with E-state index in [0.717, 1.165) is 0 Å². The quantitative estimate of drug-likeness (QED) is 0.673. The van der Waals surface area contributed by atoms with Gasteiger partial charge in [-0.15, -0.1) is 11.3 Å². The van der Waals surface area contributed by atoms with E-state index in [-0.39, 0.29) is 0 Å². The van der Waals surface area contributed by atoms with E-state index in [2.05, 4.69) is 33.5 Å². The Morgan fingerprint density at radius 3 is 2.25 bits per heavy atom. The predicted octanol–water partition coefficient (Wildman–Crippen LogP) is 3.82. The molecule has 0 aliphatic carbocycles. The van der Waals surface area contributed by atoms with Crippen molar-refractivity contribution in [3.63, 3.8) is 0 Å². The second kappa shape index (κ2) is 5.88. The number of nitrogens with one attached hydrogen (secondary N) is 1. The van der Waals surface area contributed by atoms with Crippen molar-refractivity contribution >= 4 is 11.3 Å². The van der Waals surface area contributed by atoms with Crippen LogP contribution in [-0.2, 0) is 0 Å². The first-order chi connectivity index (χ1) is 7.97. The minimum atomic E-state index is 1.20. The van der Waals surface area contributed by atoms with Gasteiger partial charge >= 0.3 is 0 Å². The summed E-state index contributed by atoms with van der Waals surface area (Å²) in [6, 6.07) is 14.0. The normalized spacial score (nSPS) is 9.25. The zero-order valence-electron chi connectivity index (χ0n) is 8.71. The molecule has 0 radical (unpaired) electrons. The van der Waals surface area contributed by atoms with Crippen molar-refractivity contribution < 1.29 is 0 Å². The Hall–Kier alpha value is -1.87. The van der Waals surface area contributed by atoms with E-state index in [0.29, 0.717) is 0 Å². The summed E-state index contributed by atoms with van der Waals surface area (Å²) in [7, 11) is 0. The lowest BCUT2D eigenvalue weighted by molar-refractivity contribution is 1.33. The fourth-order valence-corrected chi connectivity index (χ4v) is 1.94. The summed E-state index contributed by atoms with van der Waals surface area (Å²) in [4.78, 5) is 8.23. The van der Waals surface area contributed by atoms with Crippen LogP contribution in [0.4, 0.5) is 0 Å². The van der Waals surface area contributed by atoms with Gasteiger partial charge in [0.15, 0.2) is 0 Å². The molecule has 0 unspecified atom stereocenters. The molecule has 0 amide bonds. The van der Waals surface area contributed by atoms with Crippen LogP contribution in [0.15, 0.2) is 66.4 Å². The molecular weight excluding hydrogens is 216 g/mol. The van der Waals surface area contributed by atoms with Crippen LogP contribution in [0.25, 0.3) is 10.6 Å². The van der Waals surface area contributed by atoms with Crippen molar-refractivity contribution in [1.82, 2.24) is 9.97 Å². The number of hydrogen-bond donors (Lipinski definition) is 1. The zero-order valence-corrected chi connectivity index (χ0v) is 9.52. The van der Waals surface area contributed by atoms with Crippen LogP contribution in [-0.4, -0.2) is 9.97 Å². The summed E-state index contributed by atoms with van der Waals surface area (Å²) in [5.74, 6) is 0. The van der Waals surface area contributed by atoms with Gasteiger partial charge in [0.25, 0.3) is 0 Å². The number of aromatic amines is 1. The van der Waals surface area contributed by atoms with E-state index in [1.54, 1.807) is 23.7 Å². The first-order valence-electron chi connectivity index (χ1n) is 4.99. The second-order valence-corrected chi connectivity index (χ2v) is 4.03. The van der Waals surface area contributed by atoms with Crippen LogP contribution >= 0.6 is 11.3 Å². The second-order valence-electron chi connectivity index (χ2n) is 3.09. The summed E-state index contributed by atoms with van der Waals surface area (Å²) >= 11 is 1.75. The maximum Gasteiger partial charge on any atom is 0.0555 e. The Balaban J connectivity index is 0.000000138. The zero-order chi connectivity index (χ0) is 11.1. The third-order valence-electron chi connectivity index (χ3n) is 1.95. The molecule has 3 rings (SSSR count). The molecule has 3 heteroatoms. The first kappa shape index (κ1) is 10.6. The van der Waals surface area contributed by atoms with Gasteiger partial charge in [-0.25, -0.2) is 0 Å². The highest BCUT2D eigenvalue weighted by Gasteiger charge is 1.95. The third kappa shape index (κ3) is 3.07. The molecule has 0 saturated heterocycles. The van der Waals surface area contributed by atoms with Crippen molar-refractivity contribution in [2.75, 3.05) is 0 Å². The van der Waals surface area contributed by atoms with Gasteiger partial charge in [-0.1, -0.05) is 12.1 Å². The SMILES string of the molecule is c1c[nH]c(-c2cccs2)c1.c1ccncc1. The van der Waals surface area contributed by atoms with E-state index < -0.39 is 0 Å². The number of aromatic nitrogens is 2. The molecule has 1 N–H and O–H groups in total. The molecule has 0 saturated carbocycles. The maximum absolute atomic E-state index is 3.78. The number of H-pyrrole nitrogens is 1. The highest BCUT2D eigenvalue weighted by molar-refractivity contribution is 7.13. The molecule has 0 aromatic carbocycles. The summed E-state index contributed by atoms with van der Waals surface area (Å²) in [6.07, 6.45) is 5.44. The lowest BCUT2D eigenvalue weighted by Crippen LogP contribution is -1.65. The Morgan fingerprint density at radius 1 is 0.938 bits per heavy atom. The lowest BCUT2D eigenvalue weighted by atomic mass is 10.3. The lowest BCUT2D eigenvalue weighted by Gasteiger charge is -1.86. The summed E-state index contributed by atoms with van der Waals surface area (Å²) < 4.78 is 0. The monoisotopic (exact) mass is 228 g/mol. The van der Waals surface area contributed by atoms with Crippen LogP contribution in [0.5, 0.6) is 0 Å². The summed E-state index contributed by atoms with van der Waals surface area (Å²) in [6.45, 7) is 0. The van der Waals surface area contributed by atoms with Crippen LogP contribution < -0.4 is 0 Å². The average Bonchev–Trinajstić information content (AvgIpc) is 3.05. The Labute approximate surface area is 98.6 Å². The number of rotatable bonds is 1. The molecule has 80 valence electrons. The molecule has 3 aromatic heterocycles. The number of nitrogens with zero attached hydrogens (tertiary/aromatic N) is 1. The van der Waals surface area contributed by atoms with Crippen molar-refractivity contribution in [2.45, 2.75) is 0 Å². The van der Waals surface area contributed by atoms with Gasteiger partial charge in [-0.3, -0.25) is 4.98 Å². The Kier molecular flexibility index (Phi) is 3.91. The van der Waals surface area contributed by atoms with E-state index >= 15 is 0 Å². The molecule has 0 aliphatic rings. The molecule has 2 nitrogen and oxygen atoms in total. The molecule has 0 bridgehead atoms. The molecule has 0 atom stereocenters. The van der Waals surface area contributed by atoms with E-state index in [1.165, 1.54) is 10.6 Å². The van der Waals surface area contributed by atoms with Gasteiger partial charge in [0.1, 0.15) is 0 Å². The number of thiophene rings is 1. The number of hydrogen-bond acceptors (Lipinski definition) is 2. The van der Waals surface area contributed by atoms with Gasteiger partial charge in [-0.05, 0) is 35.7 Å². The van der Waals surface area contributed by atoms with Crippen molar-refractivity contribution in [2.24, 2.45) is 0 Å². The smallest absolute Gasteiger partial charge is 0.0555 e. The first-order valence-corrected chi connectivity index (χ1v) is 5.87. The van der Waals surface area contributed by atoms with Crippen LogP contribution in [0, 0.1) is 0 Å². The van der Waals surface area contributed by atoms with Gasteiger partial charge in [0.2, 0.25) is 0 Å². The van der Waals surface area contributed by atoms with Gasteiger partial charge in [-0.2, -0.15) is 0 Å². The highest BCUT2D eigenvalue weighted by atomic mass is 32.1. The fraction of sp³-hybridized carbons (Fsp3) is 0.